The Bertz CT molecular complexity index is 962. The maximum absolute atomic E-state index is 13.3. The van der Waals surface area contributed by atoms with E-state index in [2.05, 4.69) is 41.3 Å². The molecule has 152 valence electrons. The van der Waals surface area contributed by atoms with Gasteiger partial charge in [0, 0.05) is 13.1 Å². The lowest BCUT2D eigenvalue weighted by Crippen LogP contribution is -2.28. The molecule has 28 heavy (non-hydrogen) atoms. The van der Waals surface area contributed by atoms with Gasteiger partial charge in [0.2, 0.25) is 5.82 Å². The molecule has 1 atom stereocenters. The highest BCUT2D eigenvalue weighted by molar-refractivity contribution is 9.10. The first kappa shape index (κ1) is 20.6. The van der Waals surface area contributed by atoms with E-state index in [0.29, 0.717) is 25.2 Å². The highest BCUT2D eigenvalue weighted by Gasteiger charge is 2.32. The first-order valence-electron chi connectivity index (χ1n) is 8.43. The Morgan fingerprint density at radius 1 is 1.43 bits per heavy atom. The summed E-state index contributed by atoms with van der Waals surface area (Å²) < 4.78 is 40.8. The van der Waals surface area contributed by atoms with E-state index in [1.165, 1.54) is 18.2 Å². The molecule has 1 aliphatic rings. The van der Waals surface area contributed by atoms with Gasteiger partial charge in [0.05, 0.1) is 15.4 Å². The second-order valence-corrected chi connectivity index (χ2v) is 9.12. The van der Waals surface area contributed by atoms with Crippen molar-refractivity contribution >= 4 is 43.2 Å². The fourth-order valence-electron chi connectivity index (χ4n) is 2.31. The van der Waals surface area contributed by atoms with Crippen LogP contribution in [0, 0.1) is 10.6 Å². The van der Waals surface area contributed by atoms with Gasteiger partial charge in [-0.3, -0.25) is 10.7 Å². The van der Waals surface area contributed by atoms with Gasteiger partial charge in [-0.05, 0) is 63.7 Å². The summed E-state index contributed by atoms with van der Waals surface area (Å²) in [4.78, 5) is 4.17. The summed E-state index contributed by atoms with van der Waals surface area (Å²) in [6.45, 7) is 0.852. The molecule has 1 heterocycles. The number of anilines is 1. The van der Waals surface area contributed by atoms with Crippen LogP contribution in [0.4, 0.5) is 15.9 Å². The number of hydrogen-bond acceptors (Lipinski definition) is 8. The van der Waals surface area contributed by atoms with Crippen LogP contribution >= 0.6 is 15.9 Å². The Morgan fingerprint density at radius 2 is 2.21 bits per heavy atom. The molecule has 1 aromatic heterocycles. The first-order valence-corrected chi connectivity index (χ1v) is 10.8. The van der Waals surface area contributed by atoms with Crippen LogP contribution in [0.3, 0.4) is 0 Å². The summed E-state index contributed by atoms with van der Waals surface area (Å²) in [6, 6.07) is 4.11. The van der Waals surface area contributed by atoms with Gasteiger partial charge in [0.1, 0.15) is 15.7 Å². The average Bonchev–Trinajstić information content (AvgIpc) is 3.43. The number of hydroxylamine groups is 1. The SMILES string of the molecule is N=S(=O)(NCCCNc1nonc1C(=Nc1ccc(F)c(Br)c1)NO)C1CC1. The minimum Gasteiger partial charge on any atom is -0.365 e. The van der Waals surface area contributed by atoms with Crippen molar-refractivity contribution in [2.45, 2.75) is 24.5 Å². The third-order valence-corrected chi connectivity index (χ3v) is 6.57. The van der Waals surface area contributed by atoms with Crippen LogP contribution in [0.2, 0.25) is 0 Å². The van der Waals surface area contributed by atoms with Crippen LogP contribution in [0.5, 0.6) is 0 Å². The summed E-state index contributed by atoms with van der Waals surface area (Å²) in [7, 11) is -2.71. The van der Waals surface area contributed by atoms with Crippen molar-refractivity contribution < 1.29 is 18.4 Å². The first-order chi connectivity index (χ1) is 13.4. The van der Waals surface area contributed by atoms with Crippen LogP contribution in [0.1, 0.15) is 25.0 Å². The summed E-state index contributed by atoms with van der Waals surface area (Å²) in [5.74, 6) is -0.228. The van der Waals surface area contributed by atoms with Crippen molar-refractivity contribution in [3.05, 3.63) is 34.2 Å². The smallest absolute Gasteiger partial charge is 0.202 e. The fourth-order valence-corrected chi connectivity index (χ4v) is 4.16. The Balaban J connectivity index is 1.59. The summed E-state index contributed by atoms with van der Waals surface area (Å²) in [5.41, 5.74) is 2.44. The van der Waals surface area contributed by atoms with E-state index < -0.39 is 15.7 Å². The van der Waals surface area contributed by atoms with E-state index in [1.807, 2.05) is 5.48 Å². The molecule has 0 radical (unpaired) electrons. The van der Waals surface area contributed by atoms with Gasteiger partial charge in [0.25, 0.3) is 0 Å². The maximum Gasteiger partial charge on any atom is 0.202 e. The molecule has 1 aliphatic carbocycles. The molecule has 10 nitrogen and oxygen atoms in total. The molecular weight excluding hydrogens is 457 g/mol. The minimum atomic E-state index is -2.71. The van der Waals surface area contributed by atoms with E-state index in [0.717, 1.165) is 12.8 Å². The number of rotatable bonds is 9. The second-order valence-electron chi connectivity index (χ2n) is 6.11. The standard InChI is InChI=1S/C15H19BrFN7O3S/c16-11-8-9(2-5-12(11)17)21-15(22-25)13-14(24-27-23-13)19-6-1-7-20-28(18,26)10-3-4-10/h2,5,8,10,25H,1,3-4,6-7H2,(H,19,24)(H,21,22)(H2,18,20,26). The summed E-state index contributed by atoms with van der Waals surface area (Å²) >= 11 is 3.07. The number of amidine groups is 1. The van der Waals surface area contributed by atoms with Crippen LogP contribution in [-0.4, -0.2) is 43.9 Å². The minimum absolute atomic E-state index is 0.0345. The topological polar surface area (TPSA) is 149 Å². The maximum atomic E-state index is 13.3. The van der Waals surface area contributed by atoms with Crippen molar-refractivity contribution in [2.75, 3.05) is 18.4 Å². The third kappa shape index (κ3) is 5.25. The molecule has 3 rings (SSSR count). The Hall–Kier alpha value is -2.09. The molecule has 5 N–H and O–H groups in total. The summed E-state index contributed by atoms with van der Waals surface area (Å²) in [6.07, 6.45) is 2.25. The molecule has 1 fully saturated rings. The molecule has 0 spiro atoms. The zero-order chi connectivity index (χ0) is 20.1. The van der Waals surface area contributed by atoms with Gasteiger partial charge < -0.3 is 5.32 Å². The molecule has 0 saturated heterocycles. The third-order valence-electron chi connectivity index (χ3n) is 3.92. The molecule has 0 amide bonds. The number of nitrogens with zero attached hydrogens (tertiary/aromatic N) is 3. The highest BCUT2D eigenvalue weighted by Crippen LogP contribution is 2.27. The average molecular weight is 476 g/mol. The van der Waals surface area contributed by atoms with Gasteiger partial charge in [-0.1, -0.05) is 0 Å². The zero-order valence-corrected chi connectivity index (χ0v) is 17.0. The lowest BCUT2D eigenvalue weighted by atomic mass is 10.3. The summed E-state index contributed by atoms with van der Waals surface area (Å²) in [5, 5.41) is 19.8. The van der Waals surface area contributed by atoms with E-state index >= 15 is 0 Å². The number of halogens is 2. The number of benzene rings is 1. The normalized spacial score (nSPS) is 16.6. The van der Waals surface area contributed by atoms with Gasteiger partial charge in [0.15, 0.2) is 11.5 Å². The van der Waals surface area contributed by atoms with E-state index in [-0.39, 0.29) is 27.1 Å². The molecule has 1 unspecified atom stereocenters. The lowest BCUT2D eigenvalue weighted by Gasteiger charge is -2.09. The van der Waals surface area contributed by atoms with Crippen LogP contribution in [0.15, 0.2) is 32.3 Å². The molecule has 1 aromatic carbocycles. The fraction of sp³-hybridized carbons (Fsp3) is 0.400. The molecule has 0 bridgehead atoms. The van der Waals surface area contributed by atoms with Gasteiger partial charge in [-0.2, -0.15) is 0 Å². The van der Waals surface area contributed by atoms with E-state index in [4.69, 9.17) is 9.41 Å². The predicted octanol–water partition coefficient (Wildman–Crippen LogP) is 2.54. The predicted molar refractivity (Wildman–Crippen MR) is 105 cm³/mol. The van der Waals surface area contributed by atoms with Crippen LogP contribution in [-0.2, 0) is 9.92 Å². The molecule has 13 heteroatoms. The van der Waals surface area contributed by atoms with Crippen LogP contribution in [0.25, 0.3) is 0 Å². The number of nitrogens with one attached hydrogen (secondary N) is 4. The monoisotopic (exact) mass is 475 g/mol. The van der Waals surface area contributed by atoms with E-state index in [1.54, 1.807) is 0 Å². The van der Waals surface area contributed by atoms with Crippen molar-refractivity contribution in [1.82, 2.24) is 20.5 Å². The quantitative estimate of drug-likeness (QED) is 0.162. The number of aromatic nitrogens is 2. The molecular formula is C15H19BrFN7O3S. The zero-order valence-electron chi connectivity index (χ0n) is 14.6. The second kappa shape index (κ2) is 8.94. The Morgan fingerprint density at radius 3 is 2.89 bits per heavy atom. The van der Waals surface area contributed by atoms with Crippen molar-refractivity contribution in [3.8, 4) is 0 Å². The Labute approximate surface area is 169 Å². The molecule has 1 saturated carbocycles. The van der Waals surface area contributed by atoms with Gasteiger partial charge in [-0.25, -0.2) is 27.7 Å². The number of hydrogen-bond donors (Lipinski definition) is 5. The number of aliphatic imine (C=N–C) groups is 1. The van der Waals surface area contributed by atoms with Crippen LogP contribution < -0.4 is 15.5 Å². The lowest BCUT2D eigenvalue weighted by molar-refractivity contribution is 0.234. The highest BCUT2D eigenvalue weighted by atomic mass is 79.9. The molecule has 2 aromatic rings. The largest absolute Gasteiger partial charge is 0.365 e. The van der Waals surface area contributed by atoms with Crippen molar-refractivity contribution in [2.24, 2.45) is 4.99 Å². The Kier molecular flexibility index (Phi) is 6.59. The van der Waals surface area contributed by atoms with Gasteiger partial charge >= 0.3 is 0 Å². The van der Waals surface area contributed by atoms with Crippen molar-refractivity contribution in [3.63, 3.8) is 0 Å². The van der Waals surface area contributed by atoms with Gasteiger partial charge in [-0.15, -0.1) is 0 Å². The molecule has 0 aliphatic heterocycles. The van der Waals surface area contributed by atoms with E-state index in [9.17, 15) is 13.8 Å². The van der Waals surface area contributed by atoms with Crippen molar-refractivity contribution in [1.29, 1.82) is 4.78 Å².